The topological polar surface area (TPSA) is 17.1 Å². The molecule has 0 aromatic carbocycles. The number of carbonyl (C=O) groups excluding carboxylic acids is 1. The van der Waals surface area contributed by atoms with Gasteiger partial charge in [-0.15, -0.1) is 6.58 Å². The van der Waals surface area contributed by atoms with Crippen LogP contribution in [0.15, 0.2) is 12.7 Å². The van der Waals surface area contributed by atoms with Crippen molar-refractivity contribution in [2.75, 3.05) is 0 Å². The quantitative estimate of drug-likeness (QED) is 0.509. The maximum atomic E-state index is 10.7. The van der Waals surface area contributed by atoms with E-state index in [2.05, 4.69) is 6.58 Å². The number of rotatable bonds is 3. The standard InChI is InChI=1S/C7H12O/c1-4-5-7(8)6(2)3/h4,6H,1,5H2,2-3H3. The van der Waals surface area contributed by atoms with Crippen molar-refractivity contribution in [1.82, 2.24) is 0 Å². The lowest BCUT2D eigenvalue weighted by Gasteiger charge is -1.96. The van der Waals surface area contributed by atoms with Crippen LogP contribution < -0.4 is 0 Å². The normalized spacial score (nSPS) is 9.38. The first-order valence-corrected chi connectivity index (χ1v) is 2.82. The van der Waals surface area contributed by atoms with E-state index in [9.17, 15) is 4.79 Å². The lowest BCUT2D eigenvalue weighted by atomic mass is 10.1. The van der Waals surface area contributed by atoms with Crippen molar-refractivity contribution in [3.63, 3.8) is 0 Å². The molecular weight excluding hydrogens is 100 g/mol. The van der Waals surface area contributed by atoms with Gasteiger partial charge >= 0.3 is 0 Å². The van der Waals surface area contributed by atoms with Gasteiger partial charge < -0.3 is 0 Å². The highest BCUT2D eigenvalue weighted by Crippen LogP contribution is 1.97. The number of carbonyl (C=O) groups is 1. The van der Waals surface area contributed by atoms with E-state index in [0.29, 0.717) is 6.42 Å². The highest BCUT2D eigenvalue weighted by Gasteiger charge is 2.02. The Labute approximate surface area is 50.4 Å². The summed E-state index contributed by atoms with van der Waals surface area (Å²) in [6.45, 7) is 7.25. The third kappa shape index (κ3) is 2.56. The first-order valence-electron chi connectivity index (χ1n) is 2.82. The van der Waals surface area contributed by atoms with Crippen LogP contribution in [0.4, 0.5) is 0 Å². The minimum atomic E-state index is 0.160. The van der Waals surface area contributed by atoms with Crippen molar-refractivity contribution in [2.45, 2.75) is 20.3 Å². The van der Waals surface area contributed by atoms with Crippen LogP contribution in [-0.4, -0.2) is 5.78 Å². The van der Waals surface area contributed by atoms with Gasteiger partial charge in [-0.05, 0) is 0 Å². The fourth-order valence-electron chi connectivity index (χ4n) is 0.378. The van der Waals surface area contributed by atoms with Crippen molar-refractivity contribution in [1.29, 1.82) is 0 Å². The van der Waals surface area contributed by atoms with Gasteiger partial charge in [0.2, 0.25) is 0 Å². The van der Waals surface area contributed by atoms with Crippen molar-refractivity contribution in [2.24, 2.45) is 5.92 Å². The molecule has 0 aromatic heterocycles. The molecule has 0 spiro atoms. The Kier molecular flexibility index (Phi) is 3.16. The molecule has 0 amide bonds. The highest BCUT2D eigenvalue weighted by atomic mass is 16.1. The van der Waals surface area contributed by atoms with Crippen LogP contribution in [0.5, 0.6) is 0 Å². The van der Waals surface area contributed by atoms with Gasteiger partial charge in [-0.25, -0.2) is 0 Å². The predicted molar refractivity (Wildman–Crippen MR) is 34.7 cm³/mol. The maximum Gasteiger partial charge on any atom is 0.139 e. The zero-order chi connectivity index (χ0) is 6.57. The summed E-state index contributed by atoms with van der Waals surface area (Å²) >= 11 is 0. The van der Waals surface area contributed by atoms with E-state index in [4.69, 9.17) is 0 Å². The first-order chi connectivity index (χ1) is 3.68. The second-order valence-corrected chi connectivity index (χ2v) is 2.11. The first kappa shape index (κ1) is 7.41. The van der Waals surface area contributed by atoms with E-state index in [-0.39, 0.29) is 11.7 Å². The summed E-state index contributed by atoms with van der Waals surface area (Å²) in [4.78, 5) is 10.7. The Hall–Kier alpha value is -0.590. The van der Waals surface area contributed by atoms with Crippen molar-refractivity contribution in [3.05, 3.63) is 12.7 Å². The molecule has 0 unspecified atom stereocenters. The summed E-state index contributed by atoms with van der Waals surface area (Å²) in [6.07, 6.45) is 2.15. The lowest BCUT2D eigenvalue weighted by Crippen LogP contribution is -2.04. The van der Waals surface area contributed by atoms with Crippen LogP contribution in [0.3, 0.4) is 0 Å². The van der Waals surface area contributed by atoms with Crippen LogP contribution in [0.25, 0.3) is 0 Å². The molecule has 0 aliphatic rings. The summed E-state index contributed by atoms with van der Waals surface area (Å²) in [5, 5.41) is 0. The molecule has 0 radical (unpaired) electrons. The molecule has 0 saturated heterocycles. The smallest absolute Gasteiger partial charge is 0.139 e. The average Bonchev–Trinajstić information content (AvgIpc) is 1.67. The van der Waals surface area contributed by atoms with Gasteiger partial charge in [-0.2, -0.15) is 0 Å². The van der Waals surface area contributed by atoms with E-state index in [1.807, 2.05) is 13.8 Å². The minimum absolute atomic E-state index is 0.160. The van der Waals surface area contributed by atoms with Crippen LogP contribution in [-0.2, 0) is 4.79 Å². The molecule has 46 valence electrons. The van der Waals surface area contributed by atoms with Gasteiger partial charge in [0.05, 0.1) is 0 Å². The van der Waals surface area contributed by atoms with Crippen LogP contribution in [0.2, 0.25) is 0 Å². The Balaban J connectivity index is 3.48. The van der Waals surface area contributed by atoms with Crippen molar-refractivity contribution >= 4 is 5.78 Å². The zero-order valence-corrected chi connectivity index (χ0v) is 5.48. The molecule has 1 heteroatoms. The van der Waals surface area contributed by atoms with E-state index in [0.717, 1.165) is 0 Å². The van der Waals surface area contributed by atoms with Crippen molar-refractivity contribution in [3.8, 4) is 0 Å². The molecule has 0 rings (SSSR count). The lowest BCUT2D eigenvalue weighted by molar-refractivity contribution is -0.121. The van der Waals surface area contributed by atoms with Crippen molar-refractivity contribution < 1.29 is 4.79 Å². The average molecular weight is 112 g/mol. The minimum Gasteiger partial charge on any atom is -0.299 e. The molecule has 0 fully saturated rings. The van der Waals surface area contributed by atoms with E-state index >= 15 is 0 Å². The molecule has 1 nitrogen and oxygen atoms in total. The van der Waals surface area contributed by atoms with Crippen LogP contribution in [0.1, 0.15) is 20.3 Å². The molecule has 8 heavy (non-hydrogen) atoms. The summed E-state index contributed by atoms with van der Waals surface area (Å²) in [6, 6.07) is 0. The van der Waals surface area contributed by atoms with Gasteiger partial charge in [0.15, 0.2) is 0 Å². The third-order valence-corrected chi connectivity index (χ3v) is 0.989. The second-order valence-electron chi connectivity index (χ2n) is 2.11. The highest BCUT2D eigenvalue weighted by molar-refractivity contribution is 5.81. The summed E-state index contributed by atoms with van der Waals surface area (Å²) in [7, 11) is 0. The van der Waals surface area contributed by atoms with E-state index in [1.165, 1.54) is 0 Å². The van der Waals surface area contributed by atoms with Gasteiger partial charge in [0.1, 0.15) is 5.78 Å². The van der Waals surface area contributed by atoms with Gasteiger partial charge in [-0.3, -0.25) is 4.79 Å². The fourth-order valence-corrected chi connectivity index (χ4v) is 0.378. The third-order valence-electron chi connectivity index (χ3n) is 0.989. The zero-order valence-electron chi connectivity index (χ0n) is 5.48. The molecule has 0 saturated carbocycles. The maximum absolute atomic E-state index is 10.7. The Morgan fingerprint density at radius 3 is 2.38 bits per heavy atom. The molecule has 0 N–H and O–H groups in total. The largest absolute Gasteiger partial charge is 0.299 e. The number of allylic oxidation sites excluding steroid dienone is 1. The molecule has 0 atom stereocenters. The SMILES string of the molecule is C=CCC(=O)C(C)C. The molecule has 0 aliphatic heterocycles. The molecular formula is C7H12O. The Bertz CT molecular complexity index is 92.6. The number of Topliss-reactive ketones (excluding diaryl/α,β-unsaturated/α-hetero) is 1. The van der Waals surface area contributed by atoms with Gasteiger partial charge in [0.25, 0.3) is 0 Å². The Morgan fingerprint density at radius 2 is 2.25 bits per heavy atom. The summed E-state index contributed by atoms with van der Waals surface area (Å²) in [5.74, 6) is 0.424. The molecule has 0 aromatic rings. The molecule has 0 heterocycles. The fraction of sp³-hybridized carbons (Fsp3) is 0.571. The summed E-state index contributed by atoms with van der Waals surface area (Å²) in [5.41, 5.74) is 0. The number of hydrogen-bond acceptors (Lipinski definition) is 1. The van der Waals surface area contributed by atoms with Crippen LogP contribution in [0, 0.1) is 5.92 Å². The summed E-state index contributed by atoms with van der Waals surface area (Å²) < 4.78 is 0. The van der Waals surface area contributed by atoms with Gasteiger partial charge in [-0.1, -0.05) is 19.9 Å². The Morgan fingerprint density at radius 1 is 1.75 bits per heavy atom. The van der Waals surface area contributed by atoms with E-state index < -0.39 is 0 Å². The van der Waals surface area contributed by atoms with Crippen LogP contribution >= 0.6 is 0 Å². The second kappa shape index (κ2) is 3.42. The number of hydrogen-bond donors (Lipinski definition) is 0. The predicted octanol–water partition coefficient (Wildman–Crippen LogP) is 1.79. The number of ketones is 1. The molecule has 0 aliphatic carbocycles. The monoisotopic (exact) mass is 112 g/mol. The molecule has 0 bridgehead atoms. The van der Waals surface area contributed by atoms with E-state index in [1.54, 1.807) is 6.08 Å². The van der Waals surface area contributed by atoms with Gasteiger partial charge in [0, 0.05) is 12.3 Å².